The van der Waals surface area contributed by atoms with Crippen molar-refractivity contribution in [3.8, 4) is 11.5 Å². The van der Waals surface area contributed by atoms with E-state index in [0.717, 1.165) is 35.5 Å². The quantitative estimate of drug-likeness (QED) is 0.140. The summed E-state index contributed by atoms with van der Waals surface area (Å²) >= 11 is 0. The third-order valence-corrected chi connectivity index (χ3v) is 7.92. The van der Waals surface area contributed by atoms with Crippen LogP contribution in [0.1, 0.15) is 121 Å². The molecule has 1 spiro atoms. The molecule has 0 amide bonds. The number of ether oxygens (including phenoxy) is 4. The summed E-state index contributed by atoms with van der Waals surface area (Å²) in [6, 6.07) is 15.6. The first-order chi connectivity index (χ1) is 19.2. The summed E-state index contributed by atoms with van der Waals surface area (Å²) in [5.74, 6) is 0.266. The second kappa shape index (κ2) is 16.0. The molecule has 0 N–H and O–H groups in total. The summed E-state index contributed by atoms with van der Waals surface area (Å²) in [6.07, 6.45) is 19.8. The zero-order chi connectivity index (χ0) is 27.2. The molecule has 214 valence electrons. The van der Waals surface area contributed by atoms with Crippen LogP contribution in [0, 0.1) is 0 Å². The normalized spacial score (nSPS) is 17.0. The van der Waals surface area contributed by atoms with Crippen LogP contribution in [0.5, 0.6) is 11.5 Å². The number of hydrogen-bond donors (Lipinski definition) is 0. The highest BCUT2D eigenvalue weighted by Crippen LogP contribution is 2.52. The van der Waals surface area contributed by atoms with Crippen LogP contribution < -0.4 is 4.74 Å². The zero-order valence-corrected chi connectivity index (χ0v) is 24.0. The van der Waals surface area contributed by atoms with E-state index >= 15 is 0 Å². The number of esters is 1. The molecule has 4 rings (SSSR count). The Hall–Kier alpha value is -2.37. The van der Waals surface area contributed by atoms with Gasteiger partial charge in [-0.1, -0.05) is 121 Å². The topological polar surface area (TPSA) is 54.0 Å². The van der Waals surface area contributed by atoms with Gasteiger partial charge in [-0.25, -0.2) is 0 Å². The van der Waals surface area contributed by atoms with Gasteiger partial charge in [-0.15, -0.1) is 0 Å². The van der Waals surface area contributed by atoms with Crippen molar-refractivity contribution in [2.45, 2.75) is 122 Å². The molecule has 0 bridgehead atoms. The van der Waals surface area contributed by atoms with Gasteiger partial charge in [0.1, 0.15) is 24.2 Å². The largest absolute Gasteiger partial charge is 0.463 e. The molecular weight excluding hydrogens is 488 g/mol. The summed E-state index contributed by atoms with van der Waals surface area (Å²) in [6.45, 7) is 2.83. The lowest BCUT2D eigenvalue weighted by Crippen LogP contribution is -2.33. The summed E-state index contributed by atoms with van der Waals surface area (Å²) in [7, 11) is 0. The second-order valence-electron chi connectivity index (χ2n) is 11.1. The Morgan fingerprint density at radius 2 is 1.23 bits per heavy atom. The monoisotopic (exact) mass is 536 g/mol. The molecule has 2 aliphatic rings. The minimum Gasteiger partial charge on any atom is -0.463 e. The molecule has 0 aromatic heterocycles. The standard InChI is InChI=1S/C34H48O5/c1-2-3-4-5-6-7-8-9-10-11-12-13-14-15-16-25-33(35)36-26-28-27-37-34(39-28)29-21-17-19-23-31(29)38-32-24-20-18-22-30(32)34/h17-24,28H,2-16,25-27H2,1H3/t28-/m1/s1. The van der Waals surface area contributed by atoms with Crippen molar-refractivity contribution in [3.05, 3.63) is 59.7 Å². The van der Waals surface area contributed by atoms with Crippen molar-refractivity contribution in [3.63, 3.8) is 0 Å². The highest BCUT2D eigenvalue weighted by atomic mass is 16.8. The van der Waals surface area contributed by atoms with Crippen LogP contribution in [0.15, 0.2) is 48.5 Å². The van der Waals surface area contributed by atoms with E-state index in [-0.39, 0.29) is 18.7 Å². The van der Waals surface area contributed by atoms with Crippen molar-refractivity contribution in [2.24, 2.45) is 0 Å². The molecular formula is C34H48O5. The van der Waals surface area contributed by atoms with Crippen LogP contribution in [-0.2, 0) is 24.8 Å². The van der Waals surface area contributed by atoms with Crippen molar-refractivity contribution in [1.82, 2.24) is 0 Å². The maximum absolute atomic E-state index is 12.4. The third-order valence-electron chi connectivity index (χ3n) is 7.92. The van der Waals surface area contributed by atoms with E-state index in [1.165, 1.54) is 83.5 Å². The number of hydrogen-bond acceptors (Lipinski definition) is 5. The molecule has 0 saturated carbocycles. The number of carbonyl (C=O) groups excluding carboxylic acids is 1. The van der Waals surface area contributed by atoms with Gasteiger partial charge in [-0.2, -0.15) is 0 Å². The summed E-state index contributed by atoms with van der Waals surface area (Å²) in [4.78, 5) is 12.4. The predicted molar refractivity (Wildman–Crippen MR) is 155 cm³/mol. The molecule has 1 fully saturated rings. The fourth-order valence-electron chi connectivity index (χ4n) is 5.70. The van der Waals surface area contributed by atoms with Crippen LogP contribution in [0.3, 0.4) is 0 Å². The van der Waals surface area contributed by atoms with Crippen molar-refractivity contribution in [1.29, 1.82) is 0 Å². The SMILES string of the molecule is CCCCCCCCCCCCCCCCCC(=O)OC[C@@H]1COC2(O1)c1ccccc1Oc1ccccc12. The highest BCUT2D eigenvalue weighted by molar-refractivity contribution is 5.69. The third kappa shape index (κ3) is 8.56. The van der Waals surface area contributed by atoms with E-state index in [0.29, 0.717) is 13.0 Å². The van der Waals surface area contributed by atoms with Gasteiger partial charge in [0.05, 0.1) is 17.7 Å². The number of benzene rings is 2. The molecule has 5 heteroatoms. The Kier molecular flexibility index (Phi) is 12.2. The van der Waals surface area contributed by atoms with E-state index < -0.39 is 5.79 Å². The molecule has 5 nitrogen and oxygen atoms in total. The summed E-state index contributed by atoms with van der Waals surface area (Å²) in [5.41, 5.74) is 1.69. The van der Waals surface area contributed by atoms with E-state index in [9.17, 15) is 4.79 Å². The molecule has 2 heterocycles. The van der Waals surface area contributed by atoms with E-state index in [4.69, 9.17) is 18.9 Å². The molecule has 2 aromatic carbocycles. The number of fused-ring (bicyclic) bond motifs is 4. The lowest BCUT2D eigenvalue weighted by Gasteiger charge is -2.35. The van der Waals surface area contributed by atoms with Crippen molar-refractivity contribution in [2.75, 3.05) is 13.2 Å². The molecule has 39 heavy (non-hydrogen) atoms. The van der Waals surface area contributed by atoms with Gasteiger partial charge in [0.15, 0.2) is 0 Å². The smallest absolute Gasteiger partial charge is 0.305 e. The zero-order valence-electron chi connectivity index (χ0n) is 24.0. The minimum absolute atomic E-state index is 0.151. The molecule has 0 radical (unpaired) electrons. The molecule has 0 aliphatic carbocycles. The minimum atomic E-state index is -1.03. The van der Waals surface area contributed by atoms with E-state index in [2.05, 4.69) is 6.92 Å². The number of para-hydroxylation sites is 2. The van der Waals surface area contributed by atoms with Crippen LogP contribution in [0.4, 0.5) is 0 Å². The molecule has 1 atom stereocenters. The van der Waals surface area contributed by atoms with Crippen molar-refractivity contribution >= 4 is 5.97 Å². The van der Waals surface area contributed by atoms with Crippen LogP contribution >= 0.6 is 0 Å². The lowest BCUT2D eigenvalue weighted by atomic mass is 9.93. The van der Waals surface area contributed by atoms with Crippen LogP contribution in [0.25, 0.3) is 0 Å². The summed E-state index contributed by atoms with van der Waals surface area (Å²) < 4.78 is 24.4. The molecule has 1 saturated heterocycles. The van der Waals surface area contributed by atoms with E-state index in [1.807, 2.05) is 48.5 Å². The fraction of sp³-hybridized carbons (Fsp3) is 0.618. The van der Waals surface area contributed by atoms with Crippen LogP contribution in [-0.4, -0.2) is 25.3 Å². The Morgan fingerprint density at radius 1 is 0.744 bits per heavy atom. The first-order valence-electron chi connectivity index (χ1n) is 15.6. The summed E-state index contributed by atoms with van der Waals surface area (Å²) in [5, 5.41) is 0. The van der Waals surface area contributed by atoms with Gasteiger partial charge in [-0.05, 0) is 30.7 Å². The van der Waals surface area contributed by atoms with E-state index in [1.54, 1.807) is 0 Å². The average Bonchev–Trinajstić information content (AvgIpc) is 3.39. The lowest BCUT2D eigenvalue weighted by molar-refractivity contribution is -0.162. The Bertz CT molecular complexity index is 957. The number of carbonyl (C=O) groups is 1. The maximum atomic E-state index is 12.4. The van der Waals surface area contributed by atoms with Gasteiger partial charge in [0, 0.05) is 6.42 Å². The average molecular weight is 537 g/mol. The van der Waals surface area contributed by atoms with Gasteiger partial charge in [0.2, 0.25) is 5.79 Å². The first-order valence-corrected chi connectivity index (χ1v) is 15.6. The van der Waals surface area contributed by atoms with Gasteiger partial charge < -0.3 is 18.9 Å². The first kappa shape index (κ1) is 29.6. The molecule has 2 aliphatic heterocycles. The maximum Gasteiger partial charge on any atom is 0.305 e. The highest BCUT2D eigenvalue weighted by Gasteiger charge is 2.50. The van der Waals surface area contributed by atoms with Gasteiger partial charge >= 0.3 is 5.97 Å². The predicted octanol–water partition coefficient (Wildman–Crippen LogP) is 9.21. The van der Waals surface area contributed by atoms with Gasteiger partial charge in [0.25, 0.3) is 0 Å². The number of rotatable bonds is 18. The Balaban J connectivity index is 1.05. The van der Waals surface area contributed by atoms with Gasteiger partial charge in [-0.3, -0.25) is 4.79 Å². The molecule has 0 unspecified atom stereocenters. The molecule has 2 aromatic rings. The fourth-order valence-corrected chi connectivity index (χ4v) is 5.70. The Morgan fingerprint density at radius 3 is 1.77 bits per heavy atom. The second-order valence-corrected chi connectivity index (χ2v) is 11.1. The Labute approximate surface area is 235 Å². The number of unbranched alkanes of at least 4 members (excludes halogenated alkanes) is 14. The van der Waals surface area contributed by atoms with Crippen LogP contribution in [0.2, 0.25) is 0 Å². The van der Waals surface area contributed by atoms with Crippen molar-refractivity contribution < 1.29 is 23.7 Å².